The normalized spacial score (nSPS) is 17.4. The molecule has 8 heteroatoms. The lowest BCUT2D eigenvalue weighted by molar-refractivity contribution is 0.237. The summed E-state index contributed by atoms with van der Waals surface area (Å²) in [5.41, 5.74) is 1.00. The number of amides is 2. The first-order valence-corrected chi connectivity index (χ1v) is 10.2. The summed E-state index contributed by atoms with van der Waals surface area (Å²) < 4.78 is 31.9. The molecule has 0 unspecified atom stereocenters. The van der Waals surface area contributed by atoms with Gasteiger partial charge in [-0.05, 0) is 36.2 Å². The molecule has 2 aromatic carbocycles. The summed E-state index contributed by atoms with van der Waals surface area (Å²) in [4.78, 5) is 12.3. The first kappa shape index (κ1) is 19.2. The number of nitrogens with one attached hydrogen (secondary N) is 2. The van der Waals surface area contributed by atoms with Gasteiger partial charge < -0.3 is 15.4 Å². The highest BCUT2D eigenvalue weighted by Gasteiger charge is 2.33. The highest BCUT2D eigenvalue weighted by atomic mass is 32.2. The van der Waals surface area contributed by atoms with Gasteiger partial charge in [0.2, 0.25) is 10.0 Å². The van der Waals surface area contributed by atoms with Crippen LogP contribution >= 0.6 is 0 Å². The summed E-state index contributed by atoms with van der Waals surface area (Å²) in [6.07, 6.45) is 0.578. The average Bonchev–Trinajstić information content (AvgIpc) is 3.16. The molecule has 1 heterocycles. The second-order valence-corrected chi connectivity index (χ2v) is 8.27. The van der Waals surface area contributed by atoms with Crippen LogP contribution in [0.2, 0.25) is 0 Å². The molecule has 27 heavy (non-hydrogen) atoms. The van der Waals surface area contributed by atoms with Gasteiger partial charge in [0.05, 0.1) is 12.0 Å². The molecule has 3 rings (SSSR count). The number of sulfonamides is 1. The first-order chi connectivity index (χ1) is 13.0. The molecule has 7 nitrogen and oxygen atoms in total. The molecule has 2 amide bonds. The summed E-state index contributed by atoms with van der Waals surface area (Å²) in [5.74, 6) is 0.602. The molecule has 1 saturated heterocycles. The van der Waals surface area contributed by atoms with Crippen molar-refractivity contribution in [2.24, 2.45) is 0 Å². The molecule has 0 aliphatic carbocycles. The summed E-state index contributed by atoms with van der Waals surface area (Å²) in [6.45, 7) is 1.05. The second kappa shape index (κ2) is 8.41. The average molecular weight is 389 g/mol. The second-order valence-electron chi connectivity index (χ2n) is 6.34. The third kappa shape index (κ3) is 4.78. The van der Waals surface area contributed by atoms with Gasteiger partial charge in [-0.1, -0.05) is 30.3 Å². The lowest BCUT2D eigenvalue weighted by atomic mass is 10.2. The van der Waals surface area contributed by atoms with E-state index in [1.165, 1.54) is 23.5 Å². The van der Waals surface area contributed by atoms with Gasteiger partial charge in [0.1, 0.15) is 5.75 Å². The molecule has 0 aromatic heterocycles. The molecule has 1 aliphatic rings. The van der Waals surface area contributed by atoms with Crippen molar-refractivity contribution in [1.82, 2.24) is 14.9 Å². The van der Waals surface area contributed by atoms with Gasteiger partial charge in [0.15, 0.2) is 0 Å². The van der Waals surface area contributed by atoms with Crippen molar-refractivity contribution in [2.75, 3.05) is 20.2 Å². The van der Waals surface area contributed by atoms with E-state index in [2.05, 4.69) is 10.6 Å². The molecule has 1 fully saturated rings. The molecule has 0 spiro atoms. The van der Waals surface area contributed by atoms with Crippen LogP contribution in [0.25, 0.3) is 0 Å². The quantitative estimate of drug-likeness (QED) is 0.791. The number of benzene rings is 2. The molecule has 144 valence electrons. The van der Waals surface area contributed by atoms with Crippen molar-refractivity contribution in [2.45, 2.75) is 23.9 Å². The van der Waals surface area contributed by atoms with E-state index in [-0.39, 0.29) is 23.5 Å². The van der Waals surface area contributed by atoms with E-state index in [1.807, 2.05) is 30.3 Å². The van der Waals surface area contributed by atoms with Crippen molar-refractivity contribution in [3.05, 3.63) is 60.2 Å². The number of urea groups is 1. The van der Waals surface area contributed by atoms with Gasteiger partial charge in [-0.25, -0.2) is 13.2 Å². The lowest BCUT2D eigenvalue weighted by Gasteiger charge is -2.17. The largest absolute Gasteiger partial charge is 0.497 e. The van der Waals surface area contributed by atoms with Crippen molar-refractivity contribution in [1.29, 1.82) is 0 Å². The van der Waals surface area contributed by atoms with Gasteiger partial charge in [-0.3, -0.25) is 0 Å². The van der Waals surface area contributed by atoms with Crippen LogP contribution in [0.4, 0.5) is 4.79 Å². The van der Waals surface area contributed by atoms with Gasteiger partial charge in [-0.2, -0.15) is 4.31 Å². The van der Waals surface area contributed by atoms with E-state index in [0.29, 0.717) is 25.3 Å². The number of carbonyl (C=O) groups excluding carboxylic acids is 1. The van der Waals surface area contributed by atoms with Crippen LogP contribution in [0.5, 0.6) is 5.75 Å². The monoisotopic (exact) mass is 389 g/mol. The van der Waals surface area contributed by atoms with Crippen molar-refractivity contribution in [3.8, 4) is 5.75 Å². The maximum Gasteiger partial charge on any atom is 0.315 e. The zero-order valence-corrected chi connectivity index (χ0v) is 15.9. The molecular weight excluding hydrogens is 366 g/mol. The zero-order valence-electron chi connectivity index (χ0n) is 15.1. The summed E-state index contributed by atoms with van der Waals surface area (Å²) >= 11 is 0. The minimum absolute atomic E-state index is 0.214. The summed E-state index contributed by atoms with van der Waals surface area (Å²) in [6, 6.07) is 15.4. The van der Waals surface area contributed by atoms with E-state index in [1.54, 1.807) is 12.1 Å². The lowest BCUT2D eigenvalue weighted by Crippen LogP contribution is -2.43. The Kier molecular flexibility index (Phi) is 5.98. The number of ether oxygens (including phenoxy) is 1. The Labute approximate surface area is 159 Å². The first-order valence-electron chi connectivity index (χ1n) is 8.71. The number of hydrogen-bond donors (Lipinski definition) is 2. The van der Waals surface area contributed by atoms with Crippen molar-refractivity contribution in [3.63, 3.8) is 0 Å². The Morgan fingerprint density at radius 3 is 2.52 bits per heavy atom. The van der Waals surface area contributed by atoms with Crippen molar-refractivity contribution < 1.29 is 17.9 Å². The number of carbonyl (C=O) groups is 1. The van der Waals surface area contributed by atoms with E-state index in [0.717, 1.165) is 5.56 Å². The molecule has 1 atom stereocenters. The highest BCUT2D eigenvalue weighted by Crippen LogP contribution is 2.23. The molecule has 0 bridgehead atoms. The molecule has 1 aliphatic heterocycles. The summed E-state index contributed by atoms with van der Waals surface area (Å²) in [7, 11) is -2.05. The maximum absolute atomic E-state index is 12.7. The van der Waals surface area contributed by atoms with E-state index in [4.69, 9.17) is 4.74 Å². The van der Waals surface area contributed by atoms with Crippen LogP contribution in [0.1, 0.15) is 12.0 Å². The van der Waals surface area contributed by atoms with Gasteiger partial charge in [0.25, 0.3) is 0 Å². The molecule has 2 N–H and O–H groups in total. The molecule has 0 saturated carbocycles. The van der Waals surface area contributed by atoms with Crippen LogP contribution in [0, 0.1) is 0 Å². The van der Waals surface area contributed by atoms with Crippen LogP contribution in [-0.4, -0.2) is 45.0 Å². The molecule has 0 radical (unpaired) electrons. The standard InChI is InChI=1S/C19H23N3O4S/c1-26-17-7-9-18(10-8-17)27(24,25)22-12-11-16(14-22)21-19(23)20-13-15-5-3-2-4-6-15/h2-10,16H,11-14H2,1H3,(H2,20,21,23)/t16-/m0/s1. The topological polar surface area (TPSA) is 87.7 Å². The van der Waals surface area contributed by atoms with Crippen LogP contribution in [0.3, 0.4) is 0 Å². The minimum atomic E-state index is -3.58. The number of hydrogen-bond acceptors (Lipinski definition) is 4. The fraction of sp³-hybridized carbons (Fsp3) is 0.316. The number of rotatable bonds is 6. The third-order valence-electron chi connectivity index (χ3n) is 4.48. The van der Waals surface area contributed by atoms with E-state index < -0.39 is 10.0 Å². The predicted molar refractivity (Wildman–Crippen MR) is 102 cm³/mol. The SMILES string of the molecule is COc1ccc(S(=O)(=O)N2CC[C@H](NC(=O)NCc3ccccc3)C2)cc1. The fourth-order valence-corrected chi connectivity index (χ4v) is 4.48. The minimum Gasteiger partial charge on any atom is -0.497 e. The smallest absolute Gasteiger partial charge is 0.315 e. The van der Waals surface area contributed by atoms with E-state index in [9.17, 15) is 13.2 Å². The molecular formula is C19H23N3O4S. The number of nitrogens with zero attached hydrogens (tertiary/aromatic N) is 1. The predicted octanol–water partition coefficient (Wildman–Crippen LogP) is 1.96. The Hall–Kier alpha value is -2.58. The fourth-order valence-electron chi connectivity index (χ4n) is 2.98. The van der Waals surface area contributed by atoms with Crippen LogP contribution in [0.15, 0.2) is 59.5 Å². The van der Waals surface area contributed by atoms with Gasteiger partial charge in [0, 0.05) is 25.7 Å². The van der Waals surface area contributed by atoms with E-state index >= 15 is 0 Å². The number of methoxy groups -OCH3 is 1. The Balaban J connectivity index is 1.53. The zero-order chi connectivity index (χ0) is 19.3. The van der Waals surface area contributed by atoms with Crippen molar-refractivity contribution >= 4 is 16.1 Å². The van der Waals surface area contributed by atoms with Gasteiger partial charge in [-0.15, -0.1) is 0 Å². The Bertz CT molecular complexity index is 870. The Morgan fingerprint density at radius 1 is 1.15 bits per heavy atom. The maximum atomic E-state index is 12.7. The highest BCUT2D eigenvalue weighted by molar-refractivity contribution is 7.89. The van der Waals surface area contributed by atoms with Gasteiger partial charge >= 0.3 is 6.03 Å². The van der Waals surface area contributed by atoms with Crippen LogP contribution < -0.4 is 15.4 Å². The Morgan fingerprint density at radius 2 is 1.85 bits per heavy atom. The molecule has 2 aromatic rings. The summed E-state index contributed by atoms with van der Waals surface area (Å²) in [5, 5.41) is 5.64. The third-order valence-corrected chi connectivity index (χ3v) is 6.36. The van der Waals surface area contributed by atoms with Crippen LogP contribution in [-0.2, 0) is 16.6 Å².